The molecule has 4 atom stereocenters. The van der Waals surface area contributed by atoms with Crippen LogP contribution in [0.2, 0.25) is 0 Å². The number of hydrogen-bond donors (Lipinski definition) is 1. The third-order valence-corrected chi connectivity index (χ3v) is 14.4. The summed E-state index contributed by atoms with van der Waals surface area (Å²) in [6.07, 6.45) is -0.464. The summed E-state index contributed by atoms with van der Waals surface area (Å²) in [5.41, 5.74) is 1.81. The summed E-state index contributed by atoms with van der Waals surface area (Å²) in [6, 6.07) is 22.1. The maximum atomic E-state index is 11.3. The molecule has 1 saturated heterocycles. The van der Waals surface area contributed by atoms with Gasteiger partial charge in [-0.15, -0.1) is 23.2 Å². The number of methoxy groups -OCH3 is 2. The quantitative estimate of drug-likeness (QED) is 0.234. The van der Waals surface area contributed by atoms with Crippen molar-refractivity contribution in [2.75, 3.05) is 34.5 Å². The van der Waals surface area contributed by atoms with E-state index in [1.54, 1.807) is 32.4 Å². The van der Waals surface area contributed by atoms with Crippen LogP contribution in [-0.2, 0) is 19.7 Å². The zero-order valence-corrected chi connectivity index (χ0v) is 37.3. The number of allylic oxidation sites excluding steroid dienone is 2. The number of amides is 1. The Morgan fingerprint density at radius 1 is 0.782 bits per heavy atom. The number of rotatable bonds is 7. The first-order valence-corrected chi connectivity index (χ1v) is 20.7. The Hall–Kier alpha value is -1.25. The Kier molecular flexibility index (Phi) is 16.2. The minimum Gasteiger partial charge on any atom is -0.497 e. The molecule has 3 aromatic carbocycles. The molecule has 2 aliphatic carbocycles. The molecule has 3 aliphatic rings. The maximum absolute atomic E-state index is 11.3. The molecule has 1 aliphatic heterocycles. The summed E-state index contributed by atoms with van der Waals surface area (Å²) >= 11 is 54.9. The molecule has 2 bridgehead atoms. The lowest BCUT2D eigenvalue weighted by atomic mass is 9.83. The number of fused-ring (bicyclic) bond motifs is 5. The second-order valence-corrected chi connectivity index (χ2v) is 18.9. The highest BCUT2D eigenvalue weighted by molar-refractivity contribution is 7.75. The molecular formula is C36H36Cl9NO8S. The molecule has 1 amide bonds. The highest BCUT2D eigenvalue weighted by Gasteiger charge is 2.82. The number of halogens is 9. The number of ether oxygens (including phenoxy) is 4. The summed E-state index contributed by atoms with van der Waals surface area (Å²) in [4.78, 5) is 8.25. The molecule has 1 heterocycles. The molecule has 6 rings (SSSR count). The van der Waals surface area contributed by atoms with Crippen LogP contribution in [0, 0.1) is 11.8 Å². The van der Waals surface area contributed by atoms with E-state index < -0.39 is 47.2 Å². The van der Waals surface area contributed by atoms with Crippen molar-refractivity contribution < 1.29 is 36.3 Å². The van der Waals surface area contributed by atoms with E-state index in [9.17, 15) is 9.00 Å². The number of para-hydroxylation sites is 2. The Morgan fingerprint density at radius 2 is 1.20 bits per heavy atom. The van der Waals surface area contributed by atoms with Crippen molar-refractivity contribution in [2.24, 2.45) is 11.8 Å². The average Bonchev–Trinajstić information content (AvgIpc) is 3.27. The molecule has 55 heavy (non-hydrogen) atoms. The number of nitrogens with one attached hydrogen (secondary N) is 1. The molecule has 9 nitrogen and oxygen atoms in total. The highest BCUT2D eigenvalue weighted by Crippen LogP contribution is 2.76. The Morgan fingerprint density at radius 3 is 1.56 bits per heavy atom. The van der Waals surface area contributed by atoms with Gasteiger partial charge in [-0.3, -0.25) is 8.37 Å². The standard InChI is InChI=1S/C16H15Cl3O2.C11H15NO3.C9H6Cl6O3S/c1-20-13-7-3-11(4-8-13)15(16(17,18)19)12-5-9-14(21-2)10-6-12;1-8(2)14-9-6-4-5-7-10(9)15-11(13)12-3;10-5-6(11)8(13)4-2-18-19(16)17-1-3(4)7(5,12)9(8,14)15/h3-10,15H,1-2H3;4-8H,1-3H3,(H,12,13);3-4H,1-2H2. The van der Waals surface area contributed by atoms with Gasteiger partial charge in [0.25, 0.3) is 0 Å². The van der Waals surface area contributed by atoms with Gasteiger partial charge in [-0.25, -0.2) is 4.79 Å². The van der Waals surface area contributed by atoms with Crippen molar-refractivity contribution in [3.8, 4) is 23.0 Å². The lowest BCUT2D eigenvalue weighted by Crippen LogP contribution is -2.45. The summed E-state index contributed by atoms with van der Waals surface area (Å²) in [6.45, 7) is 3.85. The van der Waals surface area contributed by atoms with E-state index in [1.165, 1.54) is 7.05 Å². The van der Waals surface area contributed by atoms with Crippen molar-refractivity contribution in [3.63, 3.8) is 0 Å². The fourth-order valence-electron chi connectivity index (χ4n) is 6.16. The van der Waals surface area contributed by atoms with Crippen LogP contribution < -0.4 is 24.3 Å². The lowest BCUT2D eigenvalue weighted by molar-refractivity contribution is 0.194. The van der Waals surface area contributed by atoms with Gasteiger partial charge < -0.3 is 24.3 Å². The van der Waals surface area contributed by atoms with Crippen LogP contribution in [0.25, 0.3) is 0 Å². The fourth-order valence-corrected chi connectivity index (χ4v) is 10.6. The Balaban J connectivity index is 0.000000186. The summed E-state index contributed by atoms with van der Waals surface area (Å²) in [5.74, 6) is 1.22. The maximum Gasteiger partial charge on any atom is 0.412 e. The third kappa shape index (κ3) is 9.80. The first kappa shape index (κ1) is 46.4. The van der Waals surface area contributed by atoms with Gasteiger partial charge in [-0.1, -0.05) is 118 Å². The minimum absolute atomic E-state index is 0.0107. The highest BCUT2D eigenvalue weighted by atomic mass is 35.6. The van der Waals surface area contributed by atoms with Crippen molar-refractivity contribution >= 4 is 122 Å². The first-order chi connectivity index (χ1) is 25.8. The minimum atomic E-state index is -1.86. The predicted octanol–water partition coefficient (Wildman–Crippen LogP) is 11.1. The molecule has 3 aromatic rings. The van der Waals surface area contributed by atoms with Crippen molar-refractivity contribution in [3.05, 3.63) is 94.0 Å². The van der Waals surface area contributed by atoms with Gasteiger partial charge in [0.15, 0.2) is 15.8 Å². The SMILES string of the molecule is CNC(=O)Oc1ccccc1OC(C)C.COc1ccc(C(c2ccc(OC)cc2)C(Cl)(Cl)Cl)cc1.O=S1OCC2C(CO1)C1(Cl)C(Cl)=C(Cl)C2(Cl)C1(Cl)Cl. The van der Waals surface area contributed by atoms with E-state index in [4.69, 9.17) is 132 Å². The zero-order chi connectivity index (χ0) is 40.9. The number of hydrogen-bond acceptors (Lipinski definition) is 8. The van der Waals surface area contributed by atoms with Crippen LogP contribution in [-0.4, -0.2) is 68.8 Å². The van der Waals surface area contributed by atoms with Gasteiger partial charge >= 0.3 is 17.5 Å². The van der Waals surface area contributed by atoms with Gasteiger partial charge in [-0.2, -0.15) is 4.21 Å². The van der Waals surface area contributed by atoms with Crippen molar-refractivity contribution in [2.45, 2.75) is 43.7 Å². The monoisotopic (exact) mass is 957 g/mol. The molecule has 0 aromatic heterocycles. The van der Waals surface area contributed by atoms with Crippen molar-refractivity contribution in [1.29, 1.82) is 0 Å². The average molecular weight is 962 g/mol. The van der Waals surface area contributed by atoms with Crippen LogP contribution in [0.1, 0.15) is 30.9 Å². The fraction of sp³-hybridized carbons (Fsp3) is 0.417. The Bertz CT molecular complexity index is 1760. The smallest absolute Gasteiger partial charge is 0.412 e. The molecule has 1 N–H and O–H groups in total. The summed E-state index contributed by atoms with van der Waals surface area (Å²) in [5, 5.41) is 2.59. The van der Waals surface area contributed by atoms with Gasteiger partial charge in [0.1, 0.15) is 21.2 Å². The number of carbonyl (C=O) groups is 1. The number of carbonyl (C=O) groups excluding carboxylic acids is 1. The van der Waals surface area contributed by atoms with Crippen LogP contribution >= 0.6 is 104 Å². The number of alkyl halides is 7. The third-order valence-electron chi connectivity index (χ3n) is 8.78. The van der Waals surface area contributed by atoms with Gasteiger partial charge in [-0.05, 0) is 61.4 Å². The number of benzene rings is 3. The molecule has 0 spiro atoms. The lowest BCUT2D eigenvalue weighted by Gasteiger charge is -2.33. The van der Waals surface area contributed by atoms with E-state index in [1.807, 2.05) is 68.4 Å². The predicted molar refractivity (Wildman–Crippen MR) is 223 cm³/mol. The zero-order valence-electron chi connectivity index (χ0n) is 29.7. The molecule has 19 heteroatoms. The van der Waals surface area contributed by atoms with Crippen LogP contribution in [0.4, 0.5) is 4.79 Å². The van der Waals surface area contributed by atoms with Crippen LogP contribution in [0.15, 0.2) is 82.9 Å². The van der Waals surface area contributed by atoms with Gasteiger partial charge in [0.05, 0.1) is 49.5 Å². The van der Waals surface area contributed by atoms with E-state index in [0.29, 0.717) is 11.5 Å². The first-order valence-electron chi connectivity index (χ1n) is 16.3. The molecule has 1 saturated carbocycles. The topological polar surface area (TPSA) is 102 Å². The molecule has 0 radical (unpaired) electrons. The largest absolute Gasteiger partial charge is 0.497 e. The van der Waals surface area contributed by atoms with E-state index in [-0.39, 0.29) is 35.3 Å². The van der Waals surface area contributed by atoms with E-state index >= 15 is 0 Å². The van der Waals surface area contributed by atoms with E-state index in [0.717, 1.165) is 22.6 Å². The summed E-state index contributed by atoms with van der Waals surface area (Å²) in [7, 11) is 4.74. The second kappa shape index (κ2) is 19.2. The van der Waals surface area contributed by atoms with Crippen LogP contribution in [0.5, 0.6) is 23.0 Å². The van der Waals surface area contributed by atoms with Crippen LogP contribution in [0.3, 0.4) is 0 Å². The van der Waals surface area contributed by atoms with Crippen molar-refractivity contribution in [1.82, 2.24) is 5.32 Å². The molecule has 302 valence electrons. The molecule has 2 fully saturated rings. The molecular weight excluding hydrogens is 926 g/mol. The normalized spacial score (nSPS) is 25.1. The van der Waals surface area contributed by atoms with Gasteiger partial charge in [0.2, 0.25) is 3.79 Å². The Labute approximate surface area is 367 Å². The van der Waals surface area contributed by atoms with E-state index in [2.05, 4.69) is 5.32 Å². The molecule has 4 unspecified atom stereocenters. The second-order valence-electron chi connectivity index (χ2n) is 12.4. The van der Waals surface area contributed by atoms with Gasteiger partial charge in [0, 0.05) is 18.9 Å². The summed E-state index contributed by atoms with van der Waals surface area (Å²) < 4.78 is 39.1.